The molecule has 9 heteroatoms. The maximum Gasteiger partial charge on any atom is 0.276 e. The Labute approximate surface area is 197 Å². The molecule has 0 aliphatic carbocycles. The molecule has 0 radical (unpaired) electrons. The third kappa shape index (κ3) is 6.78. The van der Waals surface area contributed by atoms with Gasteiger partial charge in [0.15, 0.2) is 11.7 Å². The summed E-state index contributed by atoms with van der Waals surface area (Å²) in [6.07, 6.45) is 3.07. The van der Waals surface area contributed by atoms with Crippen LogP contribution in [0.5, 0.6) is 5.75 Å². The summed E-state index contributed by atoms with van der Waals surface area (Å²) in [7, 11) is 0. The predicted molar refractivity (Wildman–Crippen MR) is 130 cm³/mol. The third-order valence-electron chi connectivity index (χ3n) is 4.04. The van der Waals surface area contributed by atoms with Crippen molar-refractivity contribution in [3.05, 3.63) is 81.8 Å². The van der Waals surface area contributed by atoms with E-state index in [2.05, 4.69) is 32.1 Å². The third-order valence-corrected chi connectivity index (χ3v) is 5.04. The van der Waals surface area contributed by atoms with E-state index in [0.717, 1.165) is 20.8 Å². The van der Waals surface area contributed by atoms with E-state index in [1.54, 1.807) is 24.3 Å². The summed E-state index contributed by atoms with van der Waals surface area (Å²) in [6.45, 7) is -0.286. The number of amides is 2. The lowest BCUT2D eigenvalue weighted by Crippen LogP contribution is -2.49. The Morgan fingerprint density at radius 3 is 2.65 bits per heavy atom. The summed E-state index contributed by atoms with van der Waals surface area (Å²) in [5, 5.41) is 4.89. The molecule has 0 unspecified atom stereocenters. The van der Waals surface area contributed by atoms with Crippen LogP contribution in [0.15, 0.2) is 71.2 Å². The van der Waals surface area contributed by atoms with Crippen LogP contribution in [0.1, 0.15) is 5.56 Å². The zero-order valence-electron chi connectivity index (χ0n) is 16.0. The number of nitrogens with one attached hydrogen (secondary N) is 3. The van der Waals surface area contributed by atoms with E-state index in [9.17, 15) is 9.59 Å². The van der Waals surface area contributed by atoms with Crippen LogP contribution in [0, 0.1) is 0 Å². The highest BCUT2D eigenvalue weighted by atomic mass is 79.9. The largest absolute Gasteiger partial charge is 0.482 e. The van der Waals surface area contributed by atoms with Gasteiger partial charge in [0.1, 0.15) is 5.75 Å². The minimum atomic E-state index is -0.498. The van der Waals surface area contributed by atoms with Crippen LogP contribution in [-0.2, 0) is 9.59 Å². The lowest BCUT2D eigenvalue weighted by molar-refractivity contribution is -0.123. The minimum Gasteiger partial charge on any atom is -0.482 e. The van der Waals surface area contributed by atoms with E-state index in [1.807, 2.05) is 42.5 Å². The number of hydrazine groups is 1. The van der Waals surface area contributed by atoms with Gasteiger partial charge in [-0.25, -0.2) is 0 Å². The van der Waals surface area contributed by atoms with Crippen LogP contribution in [0.4, 0.5) is 0 Å². The summed E-state index contributed by atoms with van der Waals surface area (Å²) in [6, 6.07) is 18.8. The highest BCUT2D eigenvalue weighted by molar-refractivity contribution is 9.10. The van der Waals surface area contributed by atoms with Gasteiger partial charge >= 0.3 is 0 Å². The number of fused-ring (bicyclic) bond motifs is 1. The van der Waals surface area contributed by atoms with Gasteiger partial charge in [-0.15, -0.1) is 0 Å². The number of ether oxygens (including phenoxy) is 1. The summed E-state index contributed by atoms with van der Waals surface area (Å²) in [5.74, 6) is -0.561. The maximum atomic E-state index is 12.1. The van der Waals surface area contributed by atoms with E-state index in [4.69, 9.17) is 28.6 Å². The van der Waals surface area contributed by atoms with Crippen LogP contribution in [0.3, 0.4) is 0 Å². The molecule has 0 aromatic heterocycles. The quantitative estimate of drug-likeness (QED) is 0.266. The molecule has 0 aliphatic rings. The van der Waals surface area contributed by atoms with Gasteiger partial charge in [-0.1, -0.05) is 70.0 Å². The van der Waals surface area contributed by atoms with Gasteiger partial charge in [0.2, 0.25) is 5.91 Å². The van der Waals surface area contributed by atoms with Gasteiger partial charge in [0, 0.05) is 10.5 Å². The van der Waals surface area contributed by atoms with Crippen molar-refractivity contribution in [2.24, 2.45) is 0 Å². The average molecular weight is 519 g/mol. The first-order valence-corrected chi connectivity index (χ1v) is 10.6. The van der Waals surface area contributed by atoms with Gasteiger partial charge in [-0.2, -0.15) is 0 Å². The number of carbonyl (C=O) groups excluding carboxylic acids is 2. The number of halogens is 2. The summed E-state index contributed by atoms with van der Waals surface area (Å²) < 4.78 is 6.14. The monoisotopic (exact) mass is 517 g/mol. The number of rotatable bonds is 5. The number of carbonyl (C=O) groups is 2. The minimum absolute atomic E-state index is 0.0532. The lowest BCUT2D eigenvalue weighted by atomic mass is 10.0. The Hall–Kier alpha value is -2.94. The Kier molecular flexibility index (Phi) is 8.00. The van der Waals surface area contributed by atoms with Crippen molar-refractivity contribution in [3.63, 3.8) is 0 Å². The molecule has 2 amide bonds. The molecule has 0 spiro atoms. The fraction of sp³-hybridized carbons (Fsp3) is 0.0455. The van der Waals surface area contributed by atoms with E-state index in [0.29, 0.717) is 10.8 Å². The molecule has 6 nitrogen and oxygen atoms in total. The van der Waals surface area contributed by atoms with Gasteiger partial charge in [-0.05, 0) is 52.8 Å². The standard InChI is InChI=1S/C22H17BrClN3O3S/c23-16-9-10-19(18(24)12-16)30-13-21(29)26-27-22(31)25-20(28)11-8-15-6-3-5-14-4-1-2-7-17(14)15/h1-12H,13H2,(H,26,29)(H2,25,27,28,31). The van der Waals surface area contributed by atoms with E-state index in [1.165, 1.54) is 6.08 Å². The average Bonchev–Trinajstić information content (AvgIpc) is 2.75. The smallest absolute Gasteiger partial charge is 0.276 e. The second kappa shape index (κ2) is 10.9. The van der Waals surface area contributed by atoms with Gasteiger partial charge in [0.25, 0.3) is 5.91 Å². The normalized spacial score (nSPS) is 10.6. The molecule has 0 saturated heterocycles. The zero-order chi connectivity index (χ0) is 22.2. The molecule has 0 bridgehead atoms. The van der Waals surface area contributed by atoms with Crippen molar-refractivity contribution in [3.8, 4) is 5.75 Å². The van der Waals surface area contributed by atoms with Gasteiger partial charge < -0.3 is 4.74 Å². The second-order valence-electron chi connectivity index (χ2n) is 6.26. The van der Waals surface area contributed by atoms with Gasteiger partial charge in [-0.3, -0.25) is 25.8 Å². The first kappa shape index (κ1) is 22.7. The molecule has 3 aromatic rings. The molecule has 3 aromatic carbocycles. The lowest BCUT2D eigenvalue weighted by Gasteiger charge is -2.11. The van der Waals surface area contributed by atoms with Crippen LogP contribution < -0.4 is 20.9 Å². The van der Waals surface area contributed by atoms with E-state index < -0.39 is 11.8 Å². The van der Waals surface area contributed by atoms with Crippen LogP contribution >= 0.6 is 39.7 Å². The molecule has 0 fully saturated rings. The topological polar surface area (TPSA) is 79.5 Å². The SMILES string of the molecule is O=C(C=Cc1cccc2ccccc12)NC(=S)NNC(=O)COc1ccc(Br)cc1Cl. The Morgan fingerprint density at radius 1 is 1.06 bits per heavy atom. The zero-order valence-corrected chi connectivity index (χ0v) is 19.2. The Balaban J connectivity index is 1.45. The Bertz CT molecular complexity index is 1160. The first-order chi connectivity index (χ1) is 14.9. The van der Waals surface area contributed by atoms with Crippen molar-refractivity contribution < 1.29 is 14.3 Å². The molecule has 31 heavy (non-hydrogen) atoms. The number of benzene rings is 3. The fourth-order valence-corrected chi connectivity index (χ4v) is 3.52. The van der Waals surface area contributed by atoms with Crippen molar-refractivity contribution in [2.75, 3.05) is 6.61 Å². The molecular formula is C22H17BrClN3O3S. The van der Waals surface area contributed by atoms with Crippen molar-refractivity contribution >= 4 is 73.5 Å². The molecular weight excluding hydrogens is 502 g/mol. The predicted octanol–water partition coefficient (Wildman–Crippen LogP) is 4.37. The molecule has 3 N–H and O–H groups in total. The molecule has 158 valence electrons. The Morgan fingerprint density at radius 2 is 1.84 bits per heavy atom. The molecule has 0 atom stereocenters. The summed E-state index contributed by atoms with van der Waals surface area (Å²) in [4.78, 5) is 24.0. The summed E-state index contributed by atoms with van der Waals surface area (Å²) >= 11 is 14.3. The molecule has 0 heterocycles. The first-order valence-electron chi connectivity index (χ1n) is 9.06. The van der Waals surface area contributed by atoms with Crippen LogP contribution in [0.25, 0.3) is 16.8 Å². The van der Waals surface area contributed by atoms with Crippen molar-refractivity contribution in [1.29, 1.82) is 0 Å². The van der Waals surface area contributed by atoms with Crippen LogP contribution in [-0.4, -0.2) is 23.5 Å². The fourth-order valence-electron chi connectivity index (χ4n) is 2.64. The van der Waals surface area contributed by atoms with Crippen molar-refractivity contribution in [1.82, 2.24) is 16.2 Å². The van der Waals surface area contributed by atoms with E-state index in [-0.39, 0.29) is 11.7 Å². The second-order valence-corrected chi connectivity index (χ2v) is 7.99. The highest BCUT2D eigenvalue weighted by Crippen LogP contribution is 2.27. The number of hydrogen-bond donors (Lipinski definition) is 3. The van der Waals surface area contributed by atoms with Gasteiger partial charge in [0.05, 0.1) is 5.02 Å². The summed E-state index contributed by atoms with van der Waals surface area (Å²) in [5.41, 5.74) is 5.69. The molecule has 0 aliphatic heterocycles. The number of thiocarbonyl (C=S) groups is 1. The van der Waals surface area contributed by atoms with E-state index >= 15 is 0 Å². The molecule has 0 saturated carbocycles. The highest BCUT2D eigenvalue weighted by Gasteiger charge is 2.08. The molecule has 3 rings (SSSR count). The maximum absolute atomic E-state index is 12.1. The van der Waals surface area contributed by atoms with Crippen LogP contribution in [0.2, 0.25) is 5.02 Å². The number of hydrogen-bond acceptors (Lipinski definition) is 4. The van der Waals surface area contributed by atoms with Crippen molar-refractivity contribution in [2.45, 2.75) is 0 Å².